The molecule has 0 bridgehead atoms. The van der Waals surface area contributed by atoms with Crippen LogP contribution in [0.1, 0.15) is 24.3 Å². The minimum absolute atomic E-state index is 0.153. The van der Waals surface area contributed by atoms with E-state index in [4.69, 9.17) is 0 Å². The van der Waals surface area contributed by atoms with Crippen molar-refractivity contribution in [3.05, 3.63) is 47.8 Å². The third-order valence-corrected chi connectivity index (χ3v) is 3.14. The third kappa shape index (κ3) is 2.10. The predicted molar refractivity (Wildman–Crippen MR) is 58.1 cm³/mol. The van der Waals surface area contributed by atoms with Crippen molar-refractivity contribution in [1.82, 2.24) is 0 Å². The van der Waals surface area contributed by atoms with Crippen LogP contribution >= 0.6 is 0 Å². The zero-order valence-electron chi connectivity index (χ0n) is 8.62. The first-order valence-corrected chi connectivity index (χ1v) is 5.23. The van der Waals surface area contributed by atoms with Gasteiger partial charge in [0.25, 0.3) is 0 Å². The van der Waals surface area contributed by atoms with Crippen LogP contribution in [0, 0.1) is 11.7 Å². The molecule has 2 rings (SSSR count). The van der Waals surface area contributed by atoms with E-state index in [9.17, 15) is 9.50 Å². The van der Waals surface area contributed by atoms with E-state index in [0.717, 1.165) is 24.0 Å². The van der Waals surface area contributed by atoms with Gasteiger partial charge in [0.2, 0.25) is 0 Å². The molecule has 0 heterocycles. The summed E-state index contributed by atoms with van der Waals surface area (Å²) in [7, 11) is 0. The van der Waals surface area contributed by atoms with Crippen molar-refractivity contribution in [2.45, 2.75) is 18.8 Å². The lowest BCUT2D eigenvalue weighted by Crippen LogP contribution is -2.10. The minimum Gasteiger partial charge on any atom is -0.396 e. The lowest BCUT2D eigenvalue weighted by atomic mass is 9.89. The van der Waals surface area contributed by atoms with Gasteiger partial charge in [-0.05, 0) is 42.4 Å². The standard InChI is InChI=1S/C13H15FO/c1-9-5-11(8-15)13(6-9)10-3-2-4-12(14)7-10/h2-4,7,11,13,15H,1,5-6,8H2. The molecule has 2 heteroatoms. The summed E-state index contributed by atoms with van der Waals surface area (Å²) in [4.78, 5) is 0. The molecular weight excluding hydrogens is 191 g/mol. The lowest BCUT2D eigenvalue weighted by molar-refractivity contribution is 0.218. The van der Waals surface area contributed by atoms with Crippen LogP contribution in [-0.4, -0.2) is 11.7 Å². The summed E-state index contributed by atoms with van der Waals surface area (Å²) in [5.41, 5.74) is 2.14. The van der Waals surface area contributed by atoms with Crippen molar-refractivity contribution in [2.24, 2.45) is 5.92 Å². The Morgan fingerprint density at radius 2 is 2.20 bits per heavy atom. The second-order valence-electron chi connectivity index (χ2n) is 4.26. The highest BCUT2D eigenvalue weighted by atomic mass is 19.1. The number of hydrogen-bond donors (Lipinski definition) is 1. The van der Waals surface area contributed by atoms with Crippen molar-refractivity contribution >= 4 is 0 Å². The molecular formula is C13H15FO. The molecule has 0 amide bonds. The number of halogens is 1. The normalized spacial score (nSPS) is 25.9. The molecule has 0 aromatic heterocycles. The first kappa shape index (κ1) is 10.4. The fourth-order valence-electron chi connectivity index (χ4n) is 2.39. The van der Waals surface area contributed by atoms with Crippen molar-refractivity contribution in [3.8, 4) is 0 Å². The predicted octanol–water partition coefficient (Wildman–Crippen LogP) is 2.87. The van der Waals surface area contributed by atoms with Crippen LogP contribution in [0.25, 0.3) is 0 Å². The van der Waals surface area contributed by atoms with Gasteiger partial charge in [0.05, 0.1) is 0 Å². The molecule has 1 fully saturated rings. The summed E-state index contributed by atoms with van der Waals surface area (Å²) < 4.78 is 13.1. The monoisotopic (exact) mass is 206 g/mol. The molecule has 15 heavy (non-hydrogen) atoms. The average Bonchev–Trinajstić information content (AvgIpc) is 2.59. The van der Waals surface area contributed by atoms with Gasteiger partial charge in [0.1, 0.15) is 5.82 Å². The maximum absolute atomic E-state index is 13.1. The molecule has 2 unspecified atom stereocenters. The van der Waals surface area contributed by atoms with Gasteiger partial charge in [-0.2, -0.15) is 0 Å². The highest BCUT2D eigenvalue weighted by molar-refractivity contribution is 5.26. The first-order chi connectivity index (χ1) is 7.20. The molecule has 1 N–H and O–H groups in total. The van der Waals surface area contributed by atoms with E-state index in [1.54, 1.807) is 12.1 Å². The van der Waals surface area contributed by atoms with Gasteiger partial charge < -0.3 is 5.11 Å². The van der Waals surface area contributed by atoms with E-state index in [1.807, 2.05) is 6.07 Å². The summed E-state index contributed by atoms with van der Waals surface area (Å²) in [6.07, 6.45) is 1.73. The summed E-state index contributed by atoms with van der Waals surface area (Å²) in [6.45, 7) is 4.10. The van der Waals surface area contributed by atoms with Crippen LogP contribution in [0.5, 0.6) is 0 Å². The number of benzene rings is 1. The van der Waals surface area contributed by atoms with E-state index in [1.165, 1.54) is 6.07 Å². The highest BCUT2D eigenvalue weighted by Crippen LogP contribution is 2.41. The fraction of sp³-hybridized carbons (Fsp3) is 0.385. The average molecular weight is 206 g/mol. The van der Waals surface area contributed by atoms with Crippen LogP contribution in [0.3, 0.4) is 0 Å². The first-order valence-electron chi connectivity index (χ1n) is 5.23. The zero-order chi connectivity index (χ0) is 10.8. The Morgan fingerprint density at radius 1 is 1.40 bits per heavy atom. The molecule has 1 nitrogen and oxygen atoms in total. The molecule has 1 saturated carbocycles. The van der Waals surface area contributed by atoms with E-state index < -0.39 is 0 Å². The van der Waals surface area contributed by atoms with E-state index in [-0.39, 0.29) is 24.3 Å². The molecule has 0 radical (unpaired) electrons. The molecule has 0 spiro atoms. The summed E-state index contributed by atoms with van der Waals surface area (Å²) >= 11 is 0. The van der Waals surface area contributed by atoms with Crippen molar-refractivity contribution in [3.63, 3.8) is 0 Å². The van der Waals surface area contributed by atoms with E-state index in [0.29, 0.717) is 0 Å². The maximum atomic E-state index is 13.1. The molecule has 0 saturated heterocycles. The molecule has 2 atom stereocenters. The third-order valence-electron chi connectivity index (χ3n) is 3.14. The van der Waals surface area contributed by atoms with Crippen molar-refractivity contribution < 1.29 is 9.50 Å². The van der Waals surface area contributed by atoms with Gasteiger partial charge in [0, 0.05) is 6.61 Å². The Hall–Kier alpha value is -1.15. The summed E-state index contributed by atoms with van der Waals surface area (Å²) in [6, 6.07) is 6.66. The minimum atomic E-state index is -0.207. The smallest absolute Gasteiger partial charge is 0.123 e. The van der Waals surface area contributed by atoms with Gasteiger partial charge in [-0.15, -0.1) is 0 Å². The number of rotatable bonds is 2. The van der Waals surface area contributed by atoms with Crippen LogP contribution < -0.4 is 0 Å². The SMILES string of the molecule is C=C1CC(CO)C(c2cccc(F)c2)C1. The van der Waals surface area contributed by atoms with Crippen LogP contribution in [0.15, 0.2) is 36.4 Å². The zero-order valence-corrected chi connectivity index (χ0v) is 8.62. The Balaban J connectivity index is 2.26. The molecule has 80 valence electrons. The second kappa shape index (κ2) is 4.15. The lowest BCUT2D eigenvalue weighted by Gasteiger charge is -2.17. The number of aliphatic hydroxyl groups excluding tert-OH is 1. The van der Waals surface area contributed by atoms with Crippen LogP contribution in [0.4, 0.5) is 4.39 Å². The van der Waals surface area contributed by atoms with Crippen molar-refractivity contribution in [2.75, 3.05) is 6.61 Å². The topological polar surface area (TPSA) is 20.2 Å². The fourth-order valence-corrected chi connectivity index (χ4v) is 2.39. The van der Waals surface area contributed by atoms with Gasteiger partial charge in [-0.25, -0.2) is 4.39 Å². The van der Waals surface area contributed by atoms with Crippen molar-refractivity contribution in [1.29, 1.82) is 0 Å². The van der Waals surface area contributed by atoms with Gasteiger partial charge in [-0.3, -0.25) is 0 Å². The van der Waals surface area contributed by atoms with Crippen LogP contribution in [-0.2, 0) is 0 Å². The van der Waals surface area contributed by atoms with E-state index >= 15 is 0 Å². The van der Waals surface area contributed by atoms with Gasteiger partial charge in [-0.1, -0.05) is 24.3 Å². The Labute approximate surface area is 89.3 Å². The Morgan fingerprint density at radius 3 is 2.87 bits per heavy atom. The molecule has 1 aliphatic rings. The van der Waals surface area contributed by atoms with Gasteiger partial charge >= 0.3 is 0 Å². The highest BCUT2D eigenvalue weighted by Gasteiger charge is 2.30. The molecule has 1 aromatic rings. The summed E-state index contributed by atoms with van der Waals surface area (Å²) in [5, 5.41) is 9.25. The largest absolute Gasteiger partial charge is 0.396 e. The number of aliphatic hydroxyl groups is 1. The van der Waals surface area contributed by atoms with E-state index in [2.05, 4.69) is 6.58 Å². The maximum Gasteiger partial charge on any atom is 0.123 e. The Kier molecular flexibility index (Phi) is 2.87. The second-order valence-corrected chi connectivity index (χ2v) is 4.26. The quantitative estimate of drug-likeness (QED) is 0.738. The molecule has 1 aliphatic carbocycles. The number of allylic oxidation sites excluding steroid dienone is 1. The summed E-state index contributed by atoms with van der Waals surface area (Å²) in [5.74, 6) is 0.235. The van der Waals surface area contributed by atoms with Crippen LogP contribution in [0.2, 0.25) is 0 Å². The van der Waals surface area contributed by atoms with Gasteiger partial charge in [0.15, 0.2) is 0 Å². The number of hydrogen-bond acceptors (Lipinski definition) is 1. The molecule has 0 aliphatic heterocycles. The molecule has 1 aromatic carbocycles. The Bertz CT molecular complexity index is 373.